The largest absolute Gasteiger partial charge is 0.479 e. The number of halogens is 1. The molecule has 0 aliphatic rings. The van der Waals surface area contributed by atoms with E-state index in [0.29, 0.717) is 5.56 Å². The van der Waals surface area contributed by atoms with E-state index in [2.05, 4.69) is 15.5 Å². The minimum absolute atomic E-state index is 0.0850. The molecule has 2 aromatic carbocycles. The van der Waals surface area contributed by atoms with Gasteiger partial charge in [-0.05, 0) is 24.3 Å². The zero-order valence-corrected chi connectivity index (χ0v) is 13.9. The molecule has 138 valence electrons. The van der Waals surface area contributed by atoms with Gasteiger partial charge < -0.3 is 13.9 Å². The quantitative estimate of drug-likeness (QED) is 0.636. The molecule has 0 bridgehead atoms. The molecule has 1 heterocycles. The van der Waals surface area contributed by atoms with Crippen LogP contribution in [-0.4, -0.2) is 35.3 Å². The lowest BCUT2D eigenvalue weighted by Crippen LogP contribution is -2.23. The summed E-state index contributed by atoms with van der Waals surface area (Å²) in [5, 5.41) is 9.81. The fourth-order valence-electron chi connectivity index (χ4n) is 2.01. The van der Waals surface area contributed by atoms with Crippen LogP contribution in [0.15, 0.2) is 59.0 Å². The number of anilines is 1. The topological polar surface area (TPSA) is 104 Å². The van der Waals surface area contributed by atoms with Gasteiger partial charge >= 0.3 is 12.0 Å². The number of hydrogen-bond donors (Lipinski definition) is 1. The number of ether oxygens (including phenoxy) is 2. The van der Waals surface area contributed by atoms with E-state index in [1.54, 1.807) is 30.3 Å². The second-order valence-electron chi connectivity index (χ2n) is 5.21. The Hall–Kier alpha value is -3.75. The fourth-order valence-corrected chi connectivity index (χ4v) is 2.01. The summed E-state index contributed by atoms with van der Waals surface area (Å²) in [7, 11) is 0. The van der Waals surface area contributed by atoms with E-state index in [-0.39, 0.29) is 17.7 Å². The molecule has 0 saturated carbocycles. The molecular weight excluding hydrogens is 357 g/mol. The maximum Gasteiger partial charge on any atom is 0.344 e. The van der Waals surface area contributed by atoms with Crippen molar-refractivity contribution in [2.75, 3.05) is 18.5 Å². The molecule has 0 radical (unpaired) electrons. The first-order valence-corrected chi connectivity index (χ1v) is 7.83. The van der Waals surface area contributed by atoms with Crippen molar-refractivity contribution < 1.29 is 27.9 Å². The normalized spacial score (nSPS) is 10.3. The minimum atomic E-state index is -0.830. The van der Waals surface area contributed by atoms with Crippen LogP contribution in [0.5, 0.6) is 5.75 Å². The van der Waals surface area contributed by atoms with E-state index in [1.807, 2.05) is 6.07 Å². The Balaban J connectivity index is 1.44. The molecule has 0 aliphatic heterocycles. The van der Waals surface area contributed by atoms with Gasteiger partial charge in [0.2, 0.25) is 5.89 Å². The van der Waals surface area contributed by atoms with Crippen LogP contribution in [0.3, 0.4) is 0 Å². The Morgan fingerprint density at radius 1 is 1.00 bits per heavy atom. The maximum absolute atomic E-state index is 13.4. The van der Waals surface area contributed by atoms with Gasteiger partial charge in [0.1, 0.15) is 0 Å². The molecule has 9 heteroatoms. The molecule has 0 aliphatic carbocycles. The van der Waals surface area contributed by atoms with Crippen molar-refractivity contribution in [2.45, 2.75) is 0 Å². The molecule has 0 unspecified atom stereocenters. The molecule has 1 aromatic heterocycles. The summed E-state index contributed by atoms with van der Waals surface area (Å²) in [5.41, 5.74) is 0.696. The van der Waals surface area contributed by atoms with Gasteiger partial charge in [-0.2, -0.15) is 0 Å². The van der Waals surface area contributed by atoms with Crippen LogP contribution in [0.1, 0.15) is 0 Å². The van der Waals surface area contributed by atoms with Gasteiger partial charge in [-0.15, -0.1) is 5.10 Å². The van der Waals surface area contributed by atoms with Crippen molar-refractivity contribution >= 4 is 17.9 Å². The lowest BCUT2D eigenvalue weighted by atomic mass is 10.2. The number of carbonyl (C=O) groups excluding carboxylic acids is 2. The third-order valence-electron chi connectivity index (χ3n) is 3.24. The van der Waals surface area contributed by atoms with Crippen LogP contribution >= 0.6 is 0 Å². The maximum atomic E-state index is 13.4. The number of nitrogens with one attached hydrogen (secondary N) is 1. The number of hydrogen-bond acceptors (Lipinski definition) is 7. The first-order valence-electron chi connectivity index (χ1n) is 7.83. The van der Waals surface area contributed by atoms with Crippen LogP contribution in [0, 0.1) is 5.82 Å². The van der Waals surface area contributed by atoms with Gasteiger partial charge in [-0.3, -0.25) is 10.1 Å². The molecule has 3 rings (SSSR count). The molecule has 0 spiro atoms. The first-order chi connectivity index (χ1) is 13.1. The molecule has 1 amide bonds. The molecule has 1 N–H and O–H groups in total. The Morgan fingerprint density at radius 3 is 2.52 bits per heavy atom. The summed E-state index contributed by atoms with van der Waals surface area (Å²) in [6.07, 6.45) is 0. The Bertz CT molecular complexity index is 930. The lowest BCUT2D eigenvalue weighted by molar-refractivity contribution is -0.149. The van der Waals surface area contributed by atoms with E-state index < -0.39 is 30.9 Å². The summed E-state index contributed by atoms with van der Waals surface area (Å²) in [5.74, 6) is -1.95. The SMILES string of the molecule is O=C(COC(=O)COc1ccccc1F)Nc1nnc(-c2ccccc2)o1. The van der Waals surface area contributed by atoms with E-state index in [0.717, 1.165) is 0 Å². The Morgan fingerprint density at radius 2 is 1.74 bits per heavy atom. The summed E-state index contributed by atoms with van der Waals surface area (Å²) in [6.45, 7) is -1.12. The number of amides is 1. The molecule has 0 saturated heterocycles. The van der Waals surface area contributed by atoms with E-state index in [4.69, 9.17) is 13.9 Å². The van der Waals surface area contributed by atoms with Crippen molar-refractivity contribution in [1.82, 2.24) is 10.2 Å². The molecule has 0 fully saturated rings. The van der Waals surface area contributed by atoms with Crippen molar-refractivity contribution in [3.05, 3.63) is 60.4 Å². The third-order valence-corrected chi connectivity index (χ3v) is 3.24. The predicted molar refractivity (Wildman–Crippen MR) is 91.2 cm³/mol. The molecule has 3 aromatic rings. The monoisotopic (exact) mass is 371 g/mol. The number of benzene rings is 2. The summed E-state index contributed by atoms with van der Waals surface area (Å²) < 4.78 is 28.4. The van der Waals surface area contributed by atoms with Crippen LogP contribution in [-0.2, 0) is 14.3 Å². The van der Waals surface area contributed by atoms with Gasteiger partial charge in [-0.25, -0.2) is 9.18 Å². The smallest absolute Gasteiger partial charge is 0.344 e. The predicted octanol–water partition coefficient (Wildman–Crippen LogP) is 2.44. The van der Waals surface area contributed by atoms with Gasteiger partial charge in [0.25, 0.3) is 5.91 Å². The van der Waals surface area contributed by atoms with E-state index >= 15 is 0 Å². The van der Waals surface area contributed by atoms with Crippen molar-refractivity contribution in [3.8, 4) is 17.2 Å². The third kappa shape index (κ3) is 5.11. The van der Waals surface area contributed by atoms with Gasteiger partial charge in [0.05, 0.1) is 0 Å². The van der Waals surface area contributed by atoms with E-state index in [1.165, 1.54) is 18.2 Å². The number of nitrogens with zero attached hydrogens (tertiary/aromatic N) is 2. The Labute approximate surface area is 152 Å². The van der Waals surface area contributed by atoms with Gasteiger partial charge in [-0.1, -0.05) is 35.4 Å². The second kappa shape index (κ2) is 8.56. The van der Waals surface area contributed by atoms with Crippen molar-refractivity contribution in [2.24, 2.45) is 0 Å². The molecule has 0 atom stereocenters. The molecule has 8 nitrogen and oxygen atoms in total. The number of carbonyl (C=O) groups is 2. The standard InChI is InChI=1S/C18H14FN3O5/c19-13-8-4-5-9-14(13)25-11-16(24)26-10-15(23)20-18-22-21-17(27-18)12-6-2-1-3-7-12/h1-9H,10-11H2,(H,20,22,23). The number of rotatable bonds is 7. The van der Waals surface area contributed by atoms with Crippen molar-refractivity contribution in [1.29, 1.82) is 0 Å². The highest BCUT2D eigenvalue weighted by molar-refractivity contribution is 5.91. The zero-order chi connectivity index (χ0) is 19.1. The summed E-state index contributed by atoms with van der Waals surface area (Å²) >= 11 is 0. The highest BCUT2D eigenvalue weighted by atomic mass is 19.1. The molecular formula is C18H14FN3O5. The van der Waals surface area contributed by atoms with Crippen LogP contribution in [0.25, 0.3) is 11.5 Å². The highest BCUT2D eigenvalue weighted by Gasteiger charge is 2.14. The van der Waals surface area contributed by atoms with Crippen LogP contribution in [0.4, 0.5) is 10.4 Å². The number of aromatic nitrogens is 2. The summed E-state index contributed by atoms with van der Waals surface area (Å²) in [4.78, 5) is 23.3. The van der Waals surface area contributed by atoms with E-state index in [9.17, 15) is 14.0 Å². The average molecular weight is 371 g/mol. The number of esters is 1. The van der Waals surface area contributed by atoms with Crippen LogP contribution < -0.4 is 10.1 Å². The average Bonchev–Trinajstić information content (AvgIpc) is 3.15. The second-order valence-corrected chi connectivity index (χ2v) is 5.21. The van der Waals surface area contributed by atoms with Gasteiger partial charge in [0, 0.05) is 5.56 Å². The van der Waals surface area contributed by atoms with Crippen molar-refractivity contribution in [3.63, 3.8) is 0 Å². The van der Waals surface area contributed by atoms with Gasteiger partial charge in [0.15, 0.2) is 24.8 Å². The summed E-state index contributed by atoms with van der Waals surface area (Å²) in [6, 6.07) is 14.5. The minimum Gasteiger partial charge on any atom is -0.479 e. The fraction of sp³-hybridized carbons (Fsp3) is 0.111. The highest BCUT2D eigenvalue weighted by Crippen LogP contribution is 2.19. The number of para-hydroxylation sites is 1. The molecule has 27 heavy (non-hydrogen) atoms. The first kappa shape index (κ1) is 18.1. The Kier molecular flexibility index (Phi) is 5.73. The lowest BCUT2D eigenvalue weighted by Gasteiger charge is -2.07. The van der Waals surface area contributed by atoms with Crippen LogP contribution in [0.2, 0.25) is 0 Å². The zero-order valence-electron chi connectivity index (χ0n) is 13.9.